The summed E-state index contributed by atoms with van der Waals surface area (Å²) in [5.41, 5.74) is 0.944. The van der Waals surface area contributed by atoms with Gasteiger partial charge in [0, 0.05) is 12.7 Å². The second-order valence-corrected chi connectivity index (χ2v) is 3.43. The molecule has 1 saturated heterocycles. The normalized spacial score (nSPS) is 21.6. The fraction of sp³-hybridized carbons (Fsp3) is 0.333. The van der Waals surface area contributed by atoms with E-state index in [1.165, 1.54) is 0 Å². The first kappa shape index (κ1) is 8.51. The first-order valence-electron chi connectivity index (χ1n) is 4.16. The molecule has 1 atom stereocenters. The van der Waals surface area contributed by atoms with Gasteiger partial charge in [-0.15, -0.1) is 0 Å². The maximum atomic E-state index is 11.3. The summed E-state index contributed by atoms with van der Waals surface area (Å²) in [6.45, 7) is 0.756. The lowest BCUT2D eigenvalue weighted by molar-refractivity contribution is -0.120. The van der Waals surface area contributed by atoms with Gasteiger partial charge in [0.1, 0.15) is 5.15 Å². The van der Waals surface area contributed by atoms with Crippen LogP contribution in [0.15, 0.2) is 18.3 Å². The van der Waals surface area contributed by atoms with Crippen molar-refractivity contribution in [3.8, 4) is 0 Å². The highest BCUT2D eigenvalue weighted by molar-refractivity contribution is 6.29. The molecule has 1 N–H and O–H groups in total. The highest BCUT2D eigenvalue weighted by atomic mass is 35.5. The predicted octanol–water partition coefficient (Wildman–Crippen LogP) is 1.34. The molecule has 2 heterocycles. The molecule has 1 amide bonds. The zero-order valence-electron chi connectivity index (χ0n) is 6.96. The number of rotatable bonds is 1. The third-order valence-electron chi connectivity index (χ3n) is 2.20. The number of nitrogens with zero attached hydrogens (tertiary/aromatic N) is 1. The van der Waals surface area contributed by atoms with Crippen molar-refractivity contribution < 1.29 is 4.79 Å². The van der Waals surface area contributed by atoms with E-state index < -0.39 is 0 Å². The highest BCUT2D eigenvalue weighted by Crippen LogP contribution is 2.23. The van der Waals surface area contributed by atoms with Gasteiger partial charge in [-0.3, -0.25) is 4.79 Å². The Hall–Kier alpha value is -1.09. The fourth-order valence-electron chi connectivity index (χ4n) is 1.51. The second kappa shape index (κ2) is 3.34. The van der Waals surface area contributed by atoms with Crippen LogP contribution in [0, 0.1) is 0 Å². The summed E-state index contributed by atoms with van der Waals surface area (Å²) in [7, 11) is 0. The van der Waals surface area contributed by atoms with Crippen LogP contribution >= 0.6 is 11.6 Å². The van der Waals surface area contributed by atoms with Gasteiger partial charge in [0.15, 0.2) is 0 Å². The SMILES string of the molecule is O=C1NCCC1c1ccc(Cl)nc1. The third-order valence-corrected chi connectivity index (χ3v) is 2.42. The molecule has 2 rings (SSSR count). The number of hydrogen-bond donors (Lipinski definition) is 1. The van der Waals surface area contributed by atoms with Crippen LogP contribution in [0.25, 0.3) is 0 Å². The first-order valence-corrected chi connectivity index (χ1v) is 4.54. The van der Waals surface area contributed by atoms with E-state index in [4.69, 9.17) is 11.6 Å². The number of hydrogen-bond acceptors (Lipinski definition) is 2. The van der Waals surface area contributed by atoms with Crippen molar-refractivity contribution in [2.45, 2.75) is 12.3 Å². The van der Waals surface area contributed by atoms with Gasteiger partial charge in [-0.2, -0.15) is 0 Å². The number of halogens is 1. The number of aromatic nitrogens is 1. The number of amides is 1. The van der Waals surface area contributed by atoms with Crippen LogP contribution in [-0.4, -0.2) is 17.4 Å². The molecule has 1 aromatic rings. The van der Waals surface area contributed by atoms with Gasteiger partial charge >= 0.3 is 0 Å². The van der Waals surface area contributed by atoms with E-state index in [-0.39, 0.29) is 11.8 Å². The van der Waals surface area contributed by atoms with E-state index in [0.29, 0.717) is 5.15 Å². The molecule has 0 spiro atoms. The average Bonchev–Trinajstić information content (AvgIpc) is 2.53. The van der Waals surface area contributed by atoms with E-state index in [9.17, 15) is 4.79 Å². The minimum Gasteiger partial charge on any atom is -0.356 e. The summed E-state index contributed by atoms with van der Waals surface area (Å²) in [6.07, 6.45) is 2.51. The van der Waals surface area contributed by atoms with E-state index in [2.05, 4.69) is 10.3 Å². The lowest BCUT2D eigenvalue weighted by atomic mass is 10.00. The zero-order valence-corrected chi connectivity index (χ0v) is 7.71. The summed E-state index contributed by atoms with van der Waals surface area (Å²) in [5.74, 6) is 0.0499. The summed E-state index contributed by atoms with van der Waals surface area (Å²) < 4.78 is 0. The van der Waals surface area contributed by atoms with Crippen molar-refractivity contribution >= 4 is 17.5 Å². The Morgan fingerprint density at radius 3 is 2.92 bits per heavy atom. The maximum Gasteiger partial charge on any atom is 0.227 e. The number of nitrogens with one attached hydrogen (secondary N) is 1. The van der Waals surface area contributed by atoms with Crippen LogP contribution in [0.5, 0.6) is 0 Å². The average molecular weight is 197 g/mol. The number of carbonyl (C=O) groups is 1. The van der Waals surface area contributed by atoms with Gasteiger partial charge in [0.25, 0.3) is 0 Å². The molecule has 0 aromatic carbocycles. The van der Waals surface area contributed by atoms with Crippen molar-refractivity contribution in [3.05, 3.63) is 29.0 Å². The third kappa shape index (κ3) is 1.65. The quantitative estimate of drug-likeness (QED) is 0.689. The Morgan fingerprint density at radius 1 is 1.54 bits per heavy atom. The molecular formula is C9H9ClN2O. The molecule has 1 aliphatic heterocycles. The summed E-state index contributed by atoms with van der Waals surface area (Å²) in [6, 6.07) is 3.56. The minimum atomic E-state index is -0.0373. The van der Waals surface area contributed by atoms with E-state index >= 15 is 0 Å². The van der Waals surface area contributed by atoms with Gasteiger partial charge in [-0.05, 0) is 18.1 Å². The Kier molecular flexibility index (Phi) is 2.19. The zero-order chi connectivity index (χ0) is 9.26. The second-order valence-electron chi connectivity index (χ2n) is 3.05. The molecule has 3 nitrogen and oxygen atoms in total. The maximum absolute atomic E-state index is 11.3. The molecule has 4 heteroatoms. The summed E-state index contributed by atoms with van der Waals surface area (Å²) in [5, 5.41) is 3.24. The molecule has 0 saturated carbocycles. The van der Waals surface area contributed by atoms with Gasteiger partial charge in [-0.1, -0.05) is 17.7 Å². The molecule has 1 fully saturated rings. The van der Waals surface area contributed by atoms with E-state index in [1.807, 2.05) is 6.07 Å². The summed E-state index contributed by atoms with van der Waals surface area (Å²) in [4.78, 5) is 15.2. The fourth-order valence-corrected chi connectivity index (χ4v) is 1.62. The monoisotopic (exact) mass is 196 g/mol. The molecule has 68 valence electrons. The van der Waals surface area contributed by atoms with Gasteiger partial charge in [0.2, 0.25) is 5.91 Å². The molecule has 1 unspecified atom stereocenters. The van der Waals surface area contributed by atoms with Gasteiger partial charge < -0.3 is 5.32 Å². The molecule has 0 aliphatic carbocycles. The lowest BCUT2D eigenvalue weighted by Gasteiger charge is -2.05. The topological polar surface area (TPSA) is 42.0 Å². The highest BCUT2D eigenvalue weighted by Gasteiger charge is 2.25. The largest absolute Gasteiger partial charge is 0.356 e. The van der Waals surface area contributed by atoms with Crippen molar-refractivity contribution in [1.29, 1.82) is 0 Å². The van der Waals surface area contributed by atoms with Crippen LogP contribution in [0.4, 0.5) is 0 Å². The minimum absolute atomic E-state index is 0.0373. The number of carbonyl (C=O) groups excluding carboxylic acids is 1. The van der Waals surface area contributed by atoms with Crippen molar-refractivity contribution in [2.24, 2.45) is 0 Å². The van der Waals surface area contributed by atoms with Crippen LogP contribution < -0.4 is 5.32 Å². The van der Waals surface area contributed by atoms with Crippen molar-refractivity contribution in [1.82, 2.24) is 10.3 Å². The van der Waals surface area contributed by atoms with Crippen molar-refractivity contribution in [2.75, 3.05) is 6.54 Å². The Labute approximate surface area is 81.1 Å². The molecule has 0 bridgehead atoms. The van der Waals surface area contributed by atoms with Crippen LogP contribution in [0.2, 0.25) is 5.15 Å². The smallest absolute Gasteiger partial charge is 0.227 e. The van der Waals surface area contributed by atoms with Gasteiger partial charge in [-0.25, -0.2) is 4.98 Å². The predicted molar refractivity (Wildman–Crippen MR) is 49.6 cm³/mol. The van der Waals surface area contributed by atoms with Crippen molar-refractivity contribution in [3.63, 3.8) is 0 Å². The molecular weight excluding hydrogens is 188 g/mol. The van der Waals surface area contributed by atoms with Crippen LogP contribution in [0.3, 0.4) is 0 Å². The standard InChI is InChI=1S/C9H9ClN2O/c10-8-2-1-6(5-12-8)7-3-4-11-9(7)13/h1-2,5,7H,3-4H2,(H,11,13). The Morgan fingerprint density at radius 2 is 2.38 bits per heavy atom. The van der Waals surface area contributed by atoms with Crippen LogP contribution in [-0.2, 0) is 4.79 Å². The Bertz CT molecular complexity index is 323. The van der Waals surface area contributed by atoms with Crippen LogP contribution in [0.1, 0.15) is 17.9 Å². The number of pyridine rings is 1. The first-order chi connectivity index (χ1) is 6.27. The van der Waals surface area contributed by atoms with E-state index in [0.717, 1.165) is 18.5 Å². The molecule has 0 radical (unpaired) electrons. The molecule has 1 aliphatic rings. The lowest BCUT2D eigenvalue weighted by Crippen LogP contribution is -2.17. The molecule has 13 heavy (non-hydrogen) atoms. The Balaban J connectivity index is 2.25. The molecule has 1 aromatic heterocycles. The van der Waals surface area contributed by atoms with Gasteiger partial charge in [0.05, 0.1) is 5.92 Å². The van der Waals surface area contributed by atoms with E-state index in [1.54, 1.807) is 12.3 Å². The summed E-state index contributed by atoms with van der Waals surface area (Å²) >= 11 is 5.64.